The maximum atomic E-state index is 4.17. The zero-order chi connectivity index (χ0) is 8.27. The number of aromatic nitrogens is 2. The van der Waals surface area contributed by atoms with Gasteiger partial charge in [0.2, 0.25) is 0 Å². The molecule has 1 heterocycles. The van der Waals surface area contributed by atoms with Gasteiger partial charge in [0.15, 0.2) is 5.82 Å². The van der Waals surface area contributed by atoms with Gasteiger partial charge in [0.05, 0.1) is 0 Å². The van der Waals surface area contributed by atoms with E-state index in [1.165, 1.54) is 0 Å². The third-order valence-electron chi connectivity index (χ3n) is 1.57. The monoisotopic (exact) mass is 148 g/mol. The Labute approximate surface area is 67.0 Å². The molecular weight excluding hydrogens is 136 g/mol. The minimum atomic E-state index is 0.818. The molecular formula is C9H12N2. The van der Waals surface area contributed by atoms with E-state index in [2.05, 4.69) is 9.97 Å². The van der Waals surface area contributed by atoms with Crippen molar-refractivity contribution >= 4 is 5.57 Å². The van der Waals surface area contributed by atoms with E-state index < -0.39 is 0 Å². The highest BCUT2D eigenvalue weighted by atomic mass is 14.9. The predicted molar refractivity (Wildman–Crippen MR) is 46.1 cm³/mol. The van der Waals surface area contributed by atoms with Gasteiger partial charge in [0.1, 0.15) is 0 Å². The first-order chi connectivity index (χ1) is 5.24. The van der Waals surface area contributed by atoms with Crippen LogP contribution in [-0.4, -0.2) is 9.97 Å². The molecule has 0 N–H and O–H groups in total. The Morgan fingerprint density at radius 1 is 1.36 bits per heavy atom. The quantitative estimate of drug-likeness (QED) is 0.610. The summed E-state index contributed by atoms with van der Waals surface area (Å²) in [4.78, 5) is 8.34. The van der Waals surface area contributed by atoms with Crippen LogP contribution in [0.1, 0.15) is 25.2 Å². The van der Waals surface area contributed by atoms with Crippen molar-refractivity contribution in [3.05, 3.63) is 29.9 Å². The molecule has 2 nitrogen and oxygen atoms in total. The summed E-state index contributed by atoms with van der Waals surface area (Å²) in [6.07, 6.45) is 5.66. The summed E-state index contributed by atoms with van der Waals surface area (Å²) in [5, 5.41) is 0. The van der Waals surface area contributed by atoms with E-state index in [0.717, 1.165) is 17.0 Å². The molecule has 0 radical (unpaired) electrons. The average molecular weight is 148 g/mol. The van der Waals surface area contributed by atoms with Crippen molar-refractivity contribution in [3.8, 4) is 0 Å². The van der Waals surface area contributed by atoms with E-state index in [4.69, 9.17) is 0 Å². The van der Waals surface area contributed by atoms with Crippen LogP contribution in [0, 0.1) is 6.92 Å². The van der Waals surface area contributed by atoms with Gasteiger partial charge in [0, 0.05) is 12.4 Å². The number of allylic oxidation sites excluding steroid dienone is 2. The van der Waals surface area contributed by atoms with E-state index in [-0.39, 0.29) is 0 Å². The third kappa shape index (κ3) is 1.87. The number of hydrogen-bond acceptors (Lipinski definition) is 2. The summed E-state index contributed by atoms with van der Waals surface area (Å²) in [6, 6.07) is 0. The number of rotatable bonds is 1. The lowest BCUT2D eigenvalue weighted by atomic mass is 10.2. The van der Waals surface area contributed by atoms with E-state index in [1.807, 2.05) is 39.2 Å². The Kier molecular flexibility index (Phi) is 2.36. The number of hydrogen-bond donors (Lipinski definition) is 0. The van der Waals surface area contributed by atoms with E-state index in [9.17, 15) is 0 Å². The Bertz CT molecular complexity index is 259. The van der Waals surface area contributed by atoms with E-state index in [1.54, 1.807) is 0 Å². The Hall–Kier alpha value is -1.18. The zero-order valence-corrected chi connectivity index (χ0v) is 7.13. The van der Waals surface area contributed by atoms with Gasteiger partial charge in [-0.05, 0) is 31.9 Å². The highest BCUT2D eigenvalue weighted by Crippen LogP contribution is 2.06. The smallest absolute Gasteiger partial charge is 0.154 e. The van der Waals surface area contributed by atoms with E-state index >= 15 is 0 Å². The van der Waals surface area contributed by atoms with Crippen molar-refractivity contribution in [1.82, 2.24) is 9.97 Å². The number of nitrogens with zero attached hydrogens (tertiary/aromatic N) is 2. The first-order valence-corrected chi connectivity index (χ1v) is 3.66. The molecule has 1 rings (SSSR count). The lowest BCUT2D eigenvalue weighted by Crippen LogP contribution is -1.90. The van der Waals surface area contributed by atoms with Crippen LogP contribution >= 0.6 is 0 Å². The fourth-order valence-electron chi connectivity index (χ4n) is 0.725. The Morgan fingerprint density at radius 3 is 2.36 bits per heavy atom. The highest BCUT2D eigenvalue weighted by Gasteiger charge is 1.95. The Morgan fingerprint density at radius 2 is 1.91 bits per heavy atom. The van der Waals surface area contributed by atoms with Crippen LogP contribution < -0.4 is 0 Å². The topological polar surface area (TPSA) is 25.8 Å². The fraction of sp³-hybridized carbons (Fsp3) is 0.333. The van der Waals surface area contributed by atoms with Crippen LogP contribution in [0.4, 0.5) is 0 Å². The second-order valence-corrected chi connectivity index (χ2v) is 2.56. The molecule has 0 aliphatic rings. The molecule has 11 heavy (non-hydrogen) atoms. The van der Waals surface area contributed by atoms with E-state index in [0.29, 0.717) is 0 Å². The second-order valence-electron chi connectivity index (χ2n) is 2.56. The molecule has 0 amide bonds. The second kappa shape index (κ2) is 3.28. The van der Waals surface area contributed by atoms with Crippen LogP contribution in [0.3, 0.4) is 0 Å². The first-order valence-electron chi connectivity index (χ1n) is 3.66. The predicted octanol–water partition coefficient (Wildman–Crippen LogP) is 2.21. The minimum absolute atomic E-state index is 0.818. The zero-order valence-electron chi connectivity index (χ0n) is 7.13. The van der Waals surface area contributed by atoms with Gasteiger partial charge in [-0.2, -0.15) is 0 Å². The van der Waals surface area contributed by atoms with Gasteiger partial charge in [-0.1, -0.05) is 6.08 Å². The number of aryl methyl sites for hydroxylation is 1. The molecule has 0 aliphatic heterocycles. The maximum absolute atomic E-state index is 4.17. The third-order valence-corrected chi connectivity index (χ3v) is 1.57. The summed E-state index contributed by atoms with van der Waals surface area (Å²) >= 11 is 0. The van der Waals surface area contributed by atoms with Crippen molar-refractivity contribution in [2.75, 3.05) is 0 Å². The maximum Gasteiger partial charge on any atom is 0.154 e. The van der Waals surface area contributed by atoms with Crippen molar-refractivity contribution in [2.45, 2.75) is 20.8 Å². The van der Waals surface area contributed by atoms with Crippen molar-refractivity contribution in [1.29, 1.82) is 0 Å². The molecule has 0 unspecified atom stereocenters. The molecule has 0 atom stereocenters. The van der Waals surface area contributed by atoms with Gasteiger partial charge >= 0.3 is 0 Å². The largest absolute Gasteiger partial charge is 0.237 e. The van der Waals surface area contributed by atoms with Crippen LogP contribution in [0.2, 0.25) is 0 Å². The summed E-state index contributed by atoms with van der Waals surface area (Å²) in [5.74, 6) is 0.818. The molecule has 1 aromatic heterocycles. The first kappa shape index (κ1) is 7.92. The summed E-state index contributed by atoms with van der Waals surface area (Å²) < 4.78 is 0. The summed E-state index contributed by atoms with van der Waals surface area (Å²) in [6.45, 7) is 5.97. The van der Waals surface area contributed by atoms with Crippen molar-refractivity contribution < 1.29 is 0 Å². The lowest BCUT2D eigenvalue weighted by Gasteiger charge is -1.97. The minimum Gasteiger partial charge on any atom is -0.237 e. The van der Waals surface area contributed by atoms with Crippen LogP contribution in [0.5, 0.6) is 0 Å². The van der Waals surface area contributed by atoms with Crippen LogP contribution in [0.15, 0.2) is 18.5 Å². The SMILES string of the molecule is CC=C(C)c1ncc(C)cn1. The van der Waals surface area contributed by atoms with Crippen LogP contribution in [-0.2, 0) is 0 Å². The molecule has 0 aromatic carbocycles. The molecule has 0 spiro atoms. The summed E-state index contributed by atoms with van der Waals surface area (Å²) in [5.41, 5.74) is 2.21. The van der Waals surface area contributed by atoms with Gasteiger partial charge in [0.25, 0.3) is 0 Å². The molecule has 0 bridgehead atoms. The molecule has 58 valence electrons. The lowest BCUT2D eigenvalue weighted by molar-refractivity contribution is 1.08. The van der Waals surface area contributed by atoms with Crippen molar-refractivity contribution in [3.63, 3.8) is 0 Å². The average Bonchev–Trinajstić information content (AvgIpc) is 2.05. The molecule has 0 aliphatic carbocycles. The molecule has 0 saturated carbocycles. The highest BCUT2D eigenvalue weighted by molar-refractivity contribution is 5.56. The standard InChI is InChI=1S/C9H12N2/c1-4-8(3)9-10-5-7(2)6-11-9/h4-6H,1-3H3. The Balaban J connectivity index is 2.99. The van der Waals surface area contributed by atoms with Gasteiger partial charge in [-0.3, -0.25) is 0 Å². The van der Waals surface area contributed by atoms with Gasteiger partial charge in [-0.15, -0.1) is 0 Å². The van der Waals surface area contributed by atoms with Crippen molar-refractivity contribution in [2.24, 2.45) is 0 Å². The molecule has 0 saturated heterocycles. The molecule has 1 aromatic rings. The van der Waals surface area contributed by atoms with Crippen LogP contribution in [0.25, 0.3) is 5.57 Å². The van der Waals surface area contributed by atoms with Gasteiger partial charge in [-0.25, -0.2) is 9.97 Å². The fourth-order valence-corrected chi connectivity index (χ4v) is 0.725. The normalized spacial score (nSPS) is 11.7. The molecule has 0 fully saturated rings. The van der Waals surface area contributed by atoms with Gasteiger partial charge < -0.3 is 0 Å². The molecule has 2 heteroatoms. The summed E-state index contributed by atoms with van der Waals surface area (Å²) in [7, 11) is 0.